The van der Waals surface area contributed by atoms with Crippen molar-refractivity contribution >= 4 is 28.8 Å². The molecule has 0 atom stereocenters. The Kier molecular flexibility index (Phi) is 6.65. The maximum Gasteiger partial charge on any atom is 0.307 e. The number of anilines is 2. The first-order chi connectivity index (χ1) is 14.4. The lowest BCUT2D eigenvalue weighted by atomic mass is 10.1. The van der Waals surface area contributed by atoms with Crippen molar-refractivity contribution < 1.29 is 14.3 Å². The summed E-state index contributed by atoms with van der Waals surface area (Å²) in [7, 11) is 5.15. The highest BCUT2D eigenvalue weighted by molar-refractivity contribution is 5.82. The van der Waals surface area contributed by atoms with Crippen LogP contribution >= 0.6 is 0 Å². The van der Waals surface area contributed by atoms with Gasteiger partial charge in [0, 0.05) is 38.1 Å². The maximum absolute atomic E-state index is 11.6. The van der Waals surface area contributed by atoms with Crippen molar-refractivity contribution in [3.05, 3.63) is 29.7 Å². The van der Waals surface area contributed by atoms with E-state index in [1.54, 1.807) is 17.1 Å². The highest BCUT2D eigenvalue weighted by atomic mass is 16.5. The molecule has 0 aliphatic heterocycles. The van der Waals surface area contributed by atoms with Gasteiger partial charge in [-0.15, -0.1) is 0 Å². The van der Waals surface area contributed by atoms with Crippen LogP contribution in [0.3, 0.4) is 0 Å². The Bertz CT molecular complexity index is 1020. The fraction of sp³-hybridized carbons (Fsp3) is 0.450. The molecule has 3 aromatic heterocycles. The third-order valence-corrected chi connectivity index (χ3v) is 4.67. The van der Waals surface area contributed by atoms with E-state index in [4.69, 9.17) is 14.5 Å². The van der Waals surface area contributed by atoms with Crippen molar-refractivity contribution in [2.75, 3.05) is 37.5 Å². The van der Waals surface area contributed by atoms with Crippen LogP contribution in [0.4, 0.5) is 11.8 Å². The molecule has 0 aliphatic carbocycles. The van der Waals surface area contributed by atoms with Gasteiger partial charge in [-0.3, -0.25) is 9.48 Å². The van der Waals surface area contributed by atoms with Crippen molar-refractivity contribution in [1.29, 1.82) is 0 Å². The predicted molar refractivity (Wildman–Crippen MR) is 114 cm³/mol. The van der Waals surface area contributed by atoms with E-state index in [0.717, 1.165) is 28.1 Å². The van der Waals surface area contributed by atoms with Crippen LogP contribution in [0.2, 0.25) is 0 Å². The number of ether oxygens (including phenoxy) is 2. The second kappa shape index (κ2) is 9.38. The van der Waals surface area contributed by atoms with Crippen molar-refractivity contribution in [3.8, 4) is 5.75 Å². The minimum Gasteiger partial charge on any atom is -0.491 e. The highest BCUT2D eigenvalue weighted by Crippen LogP contribution is 2.25. The first kappa shape index (κ1) is 21.3. The van der Waals surface area contributed by atoms with Crippen LogP contribution in [0.15, 0.2) is 18.5 Å². The quantitative estimate of drug-likeness (QED) is 0.528. The molecule has 3 heterocycles. The highest BCUT2D eigenvalue weighted by Gasteiger charge is 2.16. The molecular formula is C20H27N7O3. The SMILES string of the molecule is CCOc1cnc(NCc2cc3c(C)nn(C)c3nc2N(C)CCC(=O)OC)nc1. The monoisotopic (exact) mass is 413 g/mol. The Labute approximate surface area is 175 Å². The first-order valence-corrected chi connectivity index (χ1v) is 9.72. The minimum atomic E-state index is -0.262. The van der Waals surface area contributed by atoms with Gasteiger partial charge in [0.15, 0.2) is 11.4 Å². The summed E-state index contributed by atoms with van der Waals surface area (Å²) in [5.74, 6) is 1.61. The number of nitrogens with zero attached hydrogens (tertiary/aromatic N) is 6. The van der Waals surface area contributed by atoms with E-state index in [-0.39, 0.29) is 12.4 Å². The Morgan fingerprint density at radius 2 is 2.03 bits per heavy atom. The Hall–Kier alpha value is -3.43. The van der Waals surface area contributed by atoms with Crippen molar-refractivity contribution in [3.63, 3.8) is 0 Å². The number of nitrogens with one attached hydrogen (secondary N) is 1. The topological polar surface area (TPSA) is 107 Å². The molecule has 10 heteroatoms. The Balaban J connectivity index is 1.86. The number of carbonyl (C=O) groups excluding carboxylic acids is 1. The van der Waals surface area contributed by atoms with E-state index in [0.29, 0.717) is 31.4 Å². The summed E-state index contributed by atoms with van der Waals surface area (Å²) in [6, 6.07) is 2.07. The second-order valence-electron chi connectivity index (χ2n) is 6.83. The Morgan fingerprint density at radius 1 is 1.30 bits per heavy atom. The summed E-state index contributed by atoms with van der Waals surface area (Å²) < 4.78 is 11.9. The molecule has 0 amide bonds. The summed E-state index contributed by atoms with van der Waals surface area (Å²) in [5, 5.41) is 8.68. The van der Waals surface area contributed by atoms with Gasteiger partial charge in [-0.2, -0.15) is 5.10 Å². The first-order valence-electron chi connectivity index (χ1n) is 9.72. The van der Waals surface area contributed by atoms with Gasteiger partial charge in [0.1, 0.15) is 5.82 Å². The third-order valence-electron chi connectivity index (χ3n) is 4.67. The van der Waals surface area contributed by atoms with Gasteiger partial charge in [0.2, 0.25) is 5.95 Å². The molecule has 0 saturated carbocycles. The number of fused-ring (bicyclic) bond motifs is 1. The standard InChI is InChI=1S/C20H27N7O3/c1-6-30-15-11-22-20(23-12-15)21-10-14-9-16-13(2)25-27(4)19(16)24-18(14)26(3)8-7-17(28)29-5/h9,11-12H,6-8,10H2,1-5H3,(H,21,22,23). The summed E-state index contributed by atoms with van der Waals surface area (Å²) in [6.45, 7) is 5.37. The van der Waals surface area contributed by atoms with E-state index < -0.39 is 0 Å². The molecule has 0 radical (unpaired) electrons. The molecule has 0 aliphatic rings. The van der Waals surface area contributed by atoms with Gasteiger partial charge >= 0.3 is 5.97 Å². The lowest BCUT2D eigenvalue weighted by molar-refractivity contribution is -0.140. The Morgan fingerprint density at radius 3 is 2.70 bits per heavy atom. The molecule has 0 spiro atoms. The van der Waals surface area contributed by atoms with Crippen LogP contribution in [0.1, 0.15) is 24.6 Å². The van der Waals surface area contributed by atoms with Crippen LogP contribution in [-0.4, -0.2) is 58.0 Å². The van der Waals surface area contributed by atoms with Gasteiger partial charge in [-0.25, -0.2) is 15.0 Å². The largest absolute Gasteiger partial charge is 0.491 e. The van der Waals surface area contributed by atoms with Gasteiger partial charge in [-0.1, -0.05) is 0 Å². The molecular weight excluding hydrogens is 386 g/mol. The number of aryl methyl sites for hydroxylation is 2. The molecule has 160 valence electrons. The maximum atomic E-state index is 11.6. The summed E-state index contributed by atoms with van der Waals surface area (Å²) >= 11 is 0. The number of carbonyl (C=O) groups is 1. The number of hydrogen-bond acceptors (Lipinski definition) is 9. The number of aromatic nitrogens is 5. The van der Waals surface area contributed by atoms with E-state index in [1.807, 2.05) is 32.8 Å². The lowest BCUT2D eigenvalue weighted by Crippen LogP contribution is -2.24. The fourth-order valence-corrected chi connectivity index (χ4v) is 3.13. The molecule has 0 bridgehead atoms. The summed E-state index contributed by atoms with van der Waals surface area (Å²) in [5.41, 5.74) is 2.64. The lowest BCUT2D eigenvalue weighted by Gasteiger charge is -2.21. The van der Waals surface area contributed by atoms with E-state index >= 15 is 0 Å². The predicted octanol–water partition coefficient (Wildman–Crippen LogP) is 2.08. The number of methoxy groups -OCH3 is 1. The molecule has 3 rings (SSSR count). The van der Waals surface area contributed by atoms with Crippen LogP contribution in [0.5, 0.6) is 5.75 Å². The smallest absolute Gasteiger partial charge is 0.307 e. The molecule has 0 aromatic carbocycles. The number of pyridine rings is 1. The zero-order valence-corrected chi connectivity index (χ0v) is 18.0. The van der Waals surface area contributed by atoms with Crippen LogP contribution in [0, 0.1) is 6.92 Å². The van der Waals surface area contributed by atoms with Crippen molar-refractivity contribution in [1.82, 2.24) is 24.7 Å². The van der Waals surface area contributed by atoms with Crippen LogP contribution in [0.25, 0.3) is 11.0 Å². The van der Waals surface area contributed by atoms with Crippen molar-refractivity contribution in [2.45, 2.75) is 26.8 Å². The molecule has 30 heavy (non-hydrogen) atoms. The molecule has 3 aromatic rings. The van der Waals surface area contributed by atoms with E-state index in [1.165, 1.54) is 7.11 Å². The zero-order chi connectivity index (χ0) is 21.7. The number of rotatable bonds is 9. The van der Waals surface area contributed by atoms with Crippen LogP contribution < -0.4 is 15.0 Å². The molecule has 10 nitrogen and oxygen atoms in total. The summed E-state index contributed by atoms with van der Waals surface area (Å²) in [6.07, 6.45) is 3.54. The van der Waals surface area contributed by atoms with E-state index in [9.17, 15) is 4.79 Å². The van der Waals surface area contributed by atoms with Gasteiger partial charge in [0.05, 0.1) is 38.2 Å². The second-order valence-corrected chi connectivity index (χ2v) is 6.83. The number of esters is 1. The summed E-state index contributed by atoms with van der Waals surface area (Å²) in [4.78, 5) is 26.9. The zero-order valence-electron chi connectivity index (χ0n) is 18.0. The normalized spacial score (nSPS) is 10.8. The van der Waals surface area contributed by atoms with Crippen molar-refractivity contribution in [2.24, 2.45) is 7.05 Å². The van der Waals surface area contributed by atoms with E-state index in [2.05, 4.69) is 26.4 Å². The fourth-order valence-electron chi connectivity index (χ4n) is 3.13. The molecule has 1 N–H and O–H groups in total. The van der Waals surface area contributed by atoms with Gasteiger partial charge in [-0.05, 0) is 19.9 Å². The third kappa shape index (κ3) is 4.76. The molecule has 0 unspecified atom stereocenters. The number of hydrogen-bond donors (Lipinski definition) is 1. The van der Waals surface area contributed by atoms with Crippen LogP contribution in [-0.2, 0) is 23.1 Å². The molecule has 0 saturated heterocycles. The average molecular weight is 413 g/mol. The van der Waals surface area contributed by atoms with Gasteiger partial charge < -0.3 is 19.7 Å². The molecule has 0 fully saturated rings. The average Bonchev–Trinajstić information content (AvgIpc) is 3.03. The van der Waals surface area contributed by atoms with Gasteiger partial charge in [0.25, 0.3) is 0 Å². The minimum absolute atomic E-state index is 0.262.